The minimum atomic E-state index is -0.355. The van der Waals surface area contributed by atoms with Crippen LogP contribution in [0.15, 0.2) is 76.1 Å². The molecule has 0 radical (unpaired) electrons. The minimum absolute atomic E-state index is 0.117. The van der Waals surface area contributed by atoms with Crippen molar-refractivity contribution >= 4 is 55.7 Å². The molecule has 0 saturated carbocycles. The highest BCUT2D eigenvalue weighted by atomic mass is 79.9. The Kier molecular flexibility index (Phi) is 5.91. The van der Waals surface area contributed by atoms with E-state index in [1.165, 1.54) is 17.0 Å². The molecule has 4 aromatic rings. The van der Waals surface area contributed by atoms with Gasteiger partial charge in [0.05, 0.1) is 17.1 Å². The molecule has 0 spiro atoms. The average Bonchev–Trinajstić information content (AvgIpc) is 3.25. The van der Waals surface area contributed by atoms with Gasteiger partial charge in [0, 0.05) is 21.2 Å². The Morgan fingerprint density at radius 1 is 0.971 bits per heavy atom. The molecule has 1 aliphatic rings. The van der Waals surface area contributed by atoms with Gasteiger partial charge in [-0.1, -0.05) is 52.3 Å². The Balaban J connectivity index is 1.50. The van der Waals surface area contributed by atoms with E-state index in [1.807, 2.05) is 38.1 Å². The van der Waals surface area contributed by atoms with E-state index >= 15 is 0 Å². The molecule has 0 bridgehead atoms. The zero-order valence-corrected chi connectivity index (χ0v) is 20.9. The van der Waals surface area contributed by atoms with Gasteiger partial charge in [-0.3, -0.25) is 14.5 Å². The van der Waals surface area contributed by atoms with Crippen LogP contribution >= 0.6 is 27.7 Å². The van der Waals surface area contributed by atoms with Gasteiger partial charge in [0.2, 0.25) is 0 Å². The fraction of sp³-hybridized carbons (Fsp3) is 0.111. The van der Waals surface area contributed by atoms with Crippen LogP contribution in [0.1, 0.15) is 22.5 Å². The Bertz CT molecular complexity index is 1490. The van der Waals surface area contributed by atoms with Crippen LogP contribution < -0.4 is 0 Å². The summed E-state index contributed by atoms with van der Waals surface area (Å²) in [7, 11) is 0. The minimum Gasteiger partial charge on any atom is -0.317 e. The molecule has 3 aromatic carbocycles. The van der Waals surface area contributed by atoms with Gasteiger partial charge in [-0.05, 0) is 78.5 Å². The highest BCUT2D eigenvalue weighted by molar-refractivity contribution is 9.10. The number of amides is 2. The highest BCUT2D eigenvalue weighted by Crippen LogP contribution is 2.36. The topological polar surface area (TPSA) is 42.3 Å². The summed E-state index contributed by atoms with van der Waals surface area (Å²) in [4.78, 5) is 27.1. The lowest BCUT2D eigenvalue weighted by atomic mass is 10.1. The summed E-state index contributed by atoms with van der Waals surface area (Å²) < 4.78 is 16.4. The summed E-state index contributed by atoms with van der Waals surface area (Å²) in [5, 5.41) is 1.91. The zero-order chi connectivity index (χ0) is 24.0. The van der Waals surface area contributed by atoms with E-state index in [2.05, 4.69) is 38.7 Å². The molecule has 1 saturated heterocycles. The molecule has 4 nitrogen and oxygen atoms in total. The Hall–Kier alpha value is -3.16. The lowest BCUT2D eigenvalue weighted by molar-refractivity contribution is -0.123. The van der Waals surface area contributed by atoms with E-state index in [1.54, 1.807) is 18.2 Å². The van der Waals surface area contributed by atoms with Gasteiger partial charge in [0.25, 0.3) is 11.1 Å². The van der Waals surface area contributed by atoms with E-state index in [0.29, 0.717) is 10.5 Å². The summed E-state index contributed by atoms with van der Waals surface area (Å²) in [6.07, 6.45) is 1.79. The van der Waals surface area contributed by atoms with Gasteiger partial charge in [-0.2, -0.15) is 0 Å². The maximum atomic E-state index is 13.2. The van der Waals surface area contributed by atoms with Crippen LogP contribution in [0.4, 0.5) is 9.18 Å². The van der Waals surface area contributed by atoms with E-state index in [-0.39, 0.29) is 23.5 Å². The normalized spacial score (nSPS) is 15.2. The van der Waals surface area contributed by atoms with Gasteiger partial charge >= 0.3 is 0 Å². The third-order valence-corrected chi connectivity index (χ3v) is 7.57. The first-order valence-corrected chi connectivity index (χ1v) is 12.3. The third-order valence-electron chi connectivity index (χ3n) is 5.97. The molecule has 170 valence electrons. The van der Waals surface area contributed by atoms with E-state index in [0.717, 1.165) is 49.6 Å². The molecule has 2 heterocycles. The van der Waals surface area contributed by atoms with Crippen molar-refractivity contribution < 1.29 is 14.0 Å². The highest BCUT2D eigenvalue weighted by Gasteiger charge is 2.35. The van der Waals surface area contributed by atoms with Crippen LogP contribution in [0.2, 0.25) is 0 Å². The maximum Gasteiger partial charge on any atom is 0.293 e. The van der Waals surface area contributed by atoms with E-state index in [4.69, 9.17) is 0 Å². The number of imide groups is 1. The van der Waals surface area contributed by atoms with E-state index < -0.39 is 0 Å². The Morgan fingerprint density at radius 2 is 1.68 bits per heavy atom. The van der Waals surface area contributed by atoms with Crippen molar-refractivity contribution in [2.24, 2.45) is 0 Å². The number of halogens is 2. The SMILES string of the molecule is Cc1cc(/C=C2\SC(=O)N(Cc3ccc(F)cc3)C2=O)c(C)n1-c1ccc(Br)c2ccccc12. The number of nitrogens with zero attached hydrogens (tertiary/aromatic N) is 2. The monoisotopic (exact) mass is 534 g/mol. The molecular weight excluding hydrogens is 515 g/mol. The molecule has 5 rings (SSSR count). The van der Waals surface area contributed by atoms with Crippen molar-refractivity contribution in [1.29, 1.82) is 0 Å². The summed E-state index contributed by atoms with van der Waals surface area (Å²) in [5.74, 6) is -0.690. The fourth-order valence-corrected chi connectivity index (χ4v) is 5.60. The van der Waals surface area contributed by atoms with Gasteiger partial charge in [-0.25, -0.2) is 4.39 Å². The van der Waals surface area contributed by atoms with Crippen LogP contribution in [-0.4, -0.2) is 20.6 Å². The number of aryl methyl sites for hydroxylation is 1. The smallest absolute Gasteiger partial charge is 0.293 e. The maximum absolute atomic E-state index is 13.2. The van der Waals surface area contributed by atoms with Crippen molar-refractivity contribution in [1.82, 2.24) is 9.47 Å². The Labute approximate surface area is 209 Å². The van der Waals surface area contributed by atoms with Crippen molar-refractivity contribution in [3.05, 3.63) is 104 Å². The summed E-state index contributed by atoms with van der Waals surface area (Å²) in [5.41, 5.74) is 4.65. The molecular formula is C27H20BrFN2O2S. The number of aromatic nitrogens is 1. The van der Waals surface area contributed by atoms with Gasteiger partial charge in [0.1, 0.15) is 5.82 Å². The van der Waals surface area contributed by atoms with Crippen molar-refractivity contribution in [2.45, 2.75) is 20.4 Å². The first-order valence-electron chi connectivity index (χ1n) is 10.7. The van der Waals surface area contributed by atoms with Gasteiger partial charge in [-0.15, -0.1) is 0 Å². The van der Waals surface area contributed by atoms with Crippen LogP contribution in [0, 0.1) is 19.7 Å². The molecule has 0 unspecified atom stereocenters. The van der Waals surface area contributed by atoms with Crippen molar-refractivity contribution in [3.63, 3.8) is 0 Å². The summed E-state index contributed by atoms with van der Waals surface area (Å²) in [6, 6.07) is 20.2. The molecule has 0 aliphatic carbocycles. The molecule has 1 fully saturated rings. The predicted molar refractivity (Wildman–Crippen MR) is 138 cm³/mol. The third kappa shape index (κ3) is 3.99. The van der Waals surface area contributed by atoms with Crippen molar-refractivity contribution in [2.75, 3.05) is 0 Å². The lowest BCUT2D eigenvalue weighted by Crippen LogP contribution is -2.27. The lowest BCUT2D eigenvalue weighted by Gasteiger charge is -2.14. The summed E-state index contributed by atoms with van der Waals surface area (Å²) >= 11 is 4.57. The number of hydrogen-bond donors (Lipinski definition) is 0. The average molecular weight is 535 g/mol. The quantitative estimate of drug-likeness (QED) is 0.256. The molecule has 0 atom stereocenters. The number of carbonyl (C=O) groups excluding carboxylic acids is 2. The second-order valence-corrected chi connectivity index (χ2v) is 10.0. The molecule has 2 amide bonds. The Morgan fingerprint density at radius 3 is 2.41 bits per heavy atom. The molecule has 0 N–H and O–H groups in total. The second-order valence-electron chi connectivity index (χ2n) is 8.17. The van der Waals surface area contributed by atoms with E-state index in [9.17, 15) is 14.0 Å². The molecule has 1 aromatic heterocycles. The van der Waals surface area contributed by atoms with Crippen LogP contribution in [0.25, 0.3) is 22.5 Å². The molecule has 7 heteroatoms. The number of carbonyl (C=O) groups is 2. The molecule has 34 heavy (non-hydrogen) atoms. The van der Waals surface area contributed by atoms with Crippen LogP contribution in [0.5, 0.6) is 0 Å². The number of benzene rings is 3. The number of hydrogen-bond acceptors (Lipinski definition) is 3. The zero-order valence-electron chi connectivity index (χ0n) is 18.5. The number of fused-ring (bicyclic) bond motifs is 1. The largest absolute Gasteiger partial charge is 0.317 e. The fourth-order valence-electron chi connectivity index (χ4n) is 4.30. The second kappa shape index (κ2) is 8.89. The summed E-state index contributed by atoms with van der Waals surface area (Å²) in [6.45, 7) is 4.16. The first-order chi connectivity index (χ1) is 16.3. The van der Waals surface area contributed by atoms with Crippen LogP contribution in [-0.2, 0) is 11.3 Å². The van der Waals surface area contributed by atoms with Gasteiger partial charge in [0.15, 0.2) is 0 Å². The van der Waals surface area contributed by atoms with Crippen molar-refractivity contribution in [3.8, 4) is 5.69 Å². The van der Waals surface area contributed by atoms with Crippen LogP contribution in [0.3, 0.4) is 0 Å². The number of thioether (sulfide) groups is 1. The van der Waals surface area contributed by atoms with Gasteiger partial charge < -0.3 is 4.57 Å². The number of rotatable bonds is 4. The molecule has 1 aliphatic heterocycles. The predicted octanol–water partition coefficient (Wildman–Crippen LogP) is 7.39. The standard InChI is InChI=1S/C27H20BrFN2O2S/c1-16-13-19(17(2)31(16)24-12-11-23(28)21-5-3-4-6-22(21)24)14-25-26(32)30(27(33)34-25)15-18-7-9-20(29)10-8-18/h3-14H,15H2,1-2H3/b25-14-. The first kappa shape index (κ1) is 22.6.